The summed E-state index contributed by atoms with van der Waals surface area (Å²) in [6.45, 7) is 2.88. The molecule has 0 aliphatic rings. The third-order valence-corrected chi connectivity index (χ3v) is 7.49. The molecule has 0 aliphatic heterocycles. The Morgan fingerprint density at radius 1 is 0.783 bits per heavy atom. The first-order valence-electron chi connectivity index (χ1n) is 15.8. The maximum absolute atomic E-state index is 12.2. The zero-order valence-corrected chi connectivity index (χ0v) is 28.6. The SMILES string of the molecule is C[C@H](CCC(=O)O)NC(=O)OCCCCCNC(=O)CCCCCCC(=O)NC(CCCCNC(=O)c1cncc([125I])c1)C(=O)O. The van der Waals surface area contributed by atoms with E-state index < -0.39 is 24.1 Å². The number of ether oxygens (including phenoxy) is 1. The number of nitrogens with one attached hydrogen (secondary N) is 4. The Morgan fingerprint density at radius 2 is 1.43 bits per heavy atom. The third kappa shape index (κ3) is 21.3. The van der Waals surface area contributed by atoms with Crippen LogP contribution in [0, 0.1) is 3.57 Å². The molecule has 15 heteroatoms. The molecule has 0 saturated carbocycles. The summed E-state index contributed by atoms with van der Waals surface area (Å²) in [5.41, 5.74) is 0.464. The minimum atomic E-state index is -1.09. The predicted octanol–water partition coefficient (Wildman–Crippen LogP) is 3.76. The quantitative estimate of drug-likeness (QED) is 0.0628. The summed E-state index contributed by atoms with van der Waals surface area (Å²) in [4.78, 5) is 74.2. The summed E-state index contributed by atoms with van der Waals surface area (Å²) >= 11 is 2.08. The number of pyridine rings is 1. The molecular formula is C31H48IN5O9. The molecule has 0 saturated heterocycles. The van der Waals surface area contributed by atoms with Crippen LogP contribution in [-0.2, 0) is 23.9 Å². The minimum Gasteiger partial charge on any atom is -0.481 e. The highest BCUT2D eigenvalue weighted by molar-refractivity contribution is 14.1. The lowest BCUT2D eigenvalue weighted by atomic mass is 10.1. The van der Waals surface area contributed by atoms with Crippen molar-refractivity contribution in [3.8, 4) is 0 Å². The van der Waals surface area contributed by atoms with Crippen molar-refractivity contribution in [3.05, 3.63) is 27.6 Å². The fraction of sp³-hybridized carbons (Fsp3) is 0.645. The third-order valence-electron chi connectivity index (χ3n) is 6.90. The Kier molecular flexibility index (Phi) is 21.8. The highest BCUT2D eigenvalue weighted by Crippen LogP contribution is 2.08. The van der Waals surface area contributed by atoms with Crippen LogP contribution in [0.3, 0.4) is 0 Å². The number of alkyl carbamates (subject to hydrolysis) is 1. The van der Waals surface area contributed by atoms with E-state index in [2.05, 4.69) is 48.8 Å². The standard InChI is InChI=1S/C31H48IN5O9/c1-22(14-15-28(40)41)36-31(45)46-18-10-4-8-16-34-26(38)12-5-2-3-6-13-27(39)37-25(30(43)44)11-7-9-17-35-29(42)23-19-24(32)21-33-20-23/h19-22,25H,2-18H2,1H3,(H,34,38)(H,35,42)(H,36,45)(H,37,39)(H,40,41)(H,43,44)/t22-,25?/m1/s1/i32-2. The largest absolute Gasteiger partial charge is 0.481 e. The second kappa shape index (κ2) is 24.7. The second-order valence-corrected chi connectivity index (χ2v) is 12.3. The van der Waals surface area contributed by atoms with Crippen LogP contribution in [0.2, 0.25) is 0 Å². The normalized spacial score (nSPS) is 12.0. The van der Waals surface area contributed by atoms with Gasteiger partial charge in [-0.2, -0.15) is 0 Å². The van der Waals surface area contributed by atoms with E-state index in [-0.39, 0.29) is 49.6 Å². The molecule has 0 aliphatic carbocycles. The molecule has 1 heterocycles. The number of halogens is 1. The first kappa shape index (κ1) is 40.5. The fourth-order valence-electron chi connectivity index (χ4n) is 4.30. The molecule has 1 unspecified atom stereocenters. The Hall–Kier alpha value is -3.50. The minimum absolute atomic E-state index is 0.0238. The summed E-state index contributed by atoms with van der Waals surface area (Å²) in [5, 5.41) is 28.9. The first-order valence-corrected chi connectivity index (χ1v) is 16.9. The highest BCUT2D eigenvalue weighted by atomic mass is 125. The van der Waals surface area contributed by atoms with Gasteiger partial charge in [0.25, 0.3) is 5.91 Å². The molecule has 258 valence electrons. The van der Waals surface area contributed by atoms with Crippen molar-refractivity contribution in [2.75, 3.05) is 19.7 Å². The van der Waals surface area contributed by atoms with E-state index in [4.69, 9.17) is 9.84 Å². The number of hydrogen-bond donors (Lipinski definition) is 6. The maximum atomic E-state index is 12.2. The summed E-state index contributed by atoms with van der Waals surface area (Å²) in [6, 6.07) is 0.461. The van der Waals surface area contributed by atoms with Crippen LogP contribution in [0.5, 0.6) is 0 Å². The van der Waals surface area contributed by atoms with Gasteiger partial charge in [0.1, 0.15) is 6.04 Å². The van der Waals surface area contributed by atoms with Crippen LogP contribution in [-0.4, -0.2) is 82.7 Å². The van der Waals surface area contributed by atoms with Gasteiger partial charge in [-0.1, -0.05) is 12.8 Å². The Bertz CT molecular complexity index is 1120. The van der Waals surface area contributed by atoms with E-state index >= 15 is 0 Å². The van der Waals surface area contributed by atoms with Crippen LogP contribution in [0.15, 0.2) is 18.5 Å². The Balaban J connectivity index is 2.02. The zero-order valence-electron chi connectivity index (χ0n) is 26.5. The summed E-state index contributed by atoms with van der Waals surface area (Å²) in [7, 11) is 0. The van der Waals surface area contributed by atoms with Gasteiger partial charge >= 0.3 is 18.0 Å². The van der Waals surface area contributed by atoms with Crippen molar-refractivity contribution < 1.29 is 43.7 Å². The number of amides is 4. The van der Waals surface area contributed by atoms with Crippen LogP contribution >= 0.6 is 22.6 Å². The molecular weight excluding hydrogens is 711 g/mol. The number of aromatic nitrogens is 1. The Labute approximate surface area is 283 Å². The van der Waals surface area contributed by atoms with Gasteiger partial charge in [0, 0.05) is 54.4 Å². The predicted molar refractivity (Wildman–Crippen MR) is 178 cm³/mol. The molecule has 2 atom stereocenters. The Morgan fingerprint density at radius 3 is 2.11 bits per heavy atom. The number of carbonyl (C=O) groups is 6. The van der Waals surface area contributed by atoms with Gasteiger partial charge in [-0.25, -0.2) is 9.59 Å². The smallest absolute Gasteiger partial charge is 0.407 e. The number of rotatable bonds is 25. The molecule has 6 N–H and O–H groups in total. The fourth-order valence-corrected chi connectivity index (χ4v) is 4.80. The van der Waals surface area contributed by atoms with Crippen molar-refractivity contribution >= 4 is 58.3 Å². The van der Waals surface area contributed by atoms with Gasteiger partial charge in [0.2, 0.25) is 11.8 Å². The van der Waals surface area contributed by atoms with Crippen LogP contribution in [0.1, 0.15) is 107 Å². The van der Waals surface area contributed by atoms with Crippen LogP contribution < -0.4 is 21.3 Å². The van der Waals surface area contributed by atoms with Gasteiger partial charge in [0.15, 0.2) is 0 Å². The number of carboxylic acid groups (broad SMARTS) is 2. The lowest BCUT2D eigenvalue weighted by Gasteiger charge is -2.14. The molecule has 1 aromatic heterocycles. The monoisotopic (exact) mass is 759 g/mol. The van der Waals surface area contributed by atoms with Gasteiger partial charge < -0.3 is 36.2 Å². The van der Waals surface area contributed by atoms with Crippen LogP contribution in [0.25, 0.3) is 0 Å². The molecule has 0 spiro atoms. The molecule has 0 fully saturated rings. The molecule has 46 heavy (non-hydrogen) atoms. The van der Waals surface area contributed by atoms with Crippen LogP contribution in [0.4, 0.5) is 4.79 Å². The van der Waals surface area contributed by atoms with E-state index in [1.54, 1.807) is 19.2 Å². The average Bonchev–Trinajstić information content (AvgIpc) is 3.00. The summed E-state index contributed by atoms with van der Waals surface area (Å²) in [5.74, 6) is -2.61. The topological polar surface area (TPSA) is 213 Å². The lowest BCUT2D eigenvalue weighted by Crippen LogP contribution is -2.40. The molecule has 0 radical (unpaired) electrons. The van der Waals surface area contributed by atoms with Gasteiger partial charge in [-0.15, -0.1) is 0 Å². The average molecular weight is 760 g/mol. The highest BCUT2D eigenvalue weighted by Gasteiger charge is 2.19. The van der Waals surface area contributed by atoms with E-state index in [0.29, 0.717) is 63.6 Å². The second-order valence-electron chi connectivity index (χ2n) is 11.0. The summed E-state index contributed by atoms with van der Waals surface area (Å²) < 4.78 is 5.92. The summed E-state index contributed by atoms with van der Waals surface area (Å²) in [6.07, 6.45) is 9.83. The first-order chi connectivity index (χ1) is 22.0. The van der Waals surface area contributed by atoms with E-state index in [1.807, 2.05) is 0 Å². The van der Waals surface area contributed by atoms with Crippen molar-refractivity contribution in [1.29, 1.82) is 0 Å². The molecule has 4 amide bonds. The van der Waals surface area contributed by atoms with Crippen molar-refractivity contribution in [2.45, 2.75) is 109 Å². The zero-order chi connectivity index (χ0) is 34.2. The number of nitrogens with zero attached hydrogens (tertiary/aromatic N) is 1. The number of carbonyl (C=O) groups excluding carboxylic acids is 4. The van der Waals surface area contributed by atoms with Crippen molar-refractivity contribution in [3.63, 3.8) is 0 Å². The van der Waals surface area contributed by atoms with E-state index in [1.165, 1.54) is 6.20 Å². The van der Waals surface area contributed by atoms with Crippen molar-refractivity contribution in [2.24, 2.45) is 0 Å². The number of hydrogen-bond acceptors (Lipinski definition) is 8. The lowest BCUT2D eigenvalue weighted by molar-refractivity contribution is -0.142. The van der Waals surface area contributed by atoms with E-state index in [9.17, 15) is 33.9 Å². The van der Waals surface area contributed by atoms with Gasteiger partial charge in [-0.05, 0) is 93.4 Å². The number of unbranched alkanes of at least 4 members (excludes halogenated alkanes) is 6. The molecule has 14 nitrogen and oxygen atoms in total. The molecule has 1 rings (SSSR count). The molecule has 0 aromatic carbocycles. The van der Waals surface area contributed by atoms with Gasteiger partial charge in [0.05, 0.1) is 12.2 Å². The molecule has 0 bridgehead atoms. The number of aliphatic carboxylic acids is 2. The maximum Gasteiger partial charge on any atom is 0.407 e. The van der Waals surface area contributed by atoms with E-state index in [0.717, 1.165) is 29.3 Å². The number of carboxylic acids is 2. The van der Waals surface area contributed by atoms with Gasteiger partial charge in [-0.3, -0.25) is 24.2 Å². The molecule has 1 aromatic rings. The van der Waals surface area contributed by atoms with Crippen molar-refractivity contribution in [1.82, 2.24) is 26.3 Å².